The maximum atomic E-state index is 5.40. The van der Waals surface area contributed by atoms with E-state index < -0.39 is 0 Å². The van der Waals surface area contributed by atoms with E-state index in [0.717, 1.165) is 0 Å². The highest BCUT2D eigenvalue weighted by Gasteiger charge is 2.01. The minimum atomic E-state index is 0.364. The van der Waals surface area contributed by atoms with Gasteiger partial charge in [0, 0.05) is 0 Å². The fourth-order valence-corrected chi connectivity index (χ4v) is 0.803. The van der Waals surface area contributed by atoms with Gasteiger partial charge in [0.25, 0.3) is 0 Å². The van der Waals surface area contributed by atoms with Crippen molar-refractivity contribution in [2.45, 2.75) is 0 Å². The second-order valence-corrected chi connectivity index (χ2v) is 2.36. The third kappa shape index (κ3) is 1.17. The Bertz CT molecular complexity index is 237. The Morgan fingerprint density at radius 1 is 1.50 bits per heavy atom. The van der Waals surface area contributed by atoms with E-state index in [1.165, 1.54) is 6.33 Å². The molecule has 0 saturated heterocycles. The predicted molar refractivity (Wildman–Crippen MR) is 42.0 cm³/mol. The zero-order chi connectivity index (χ0) is 7.56. The number of rotatable bonds is 1. The first-order valence-electron chi connectivity index (χ1n) is 2.48. The number of hydrogen-bond acceptors (Lipinski definition) is 5. The molecule has 1 aromatic rings. The Labute approximate surface area is 65.9 Å². The smallest absolute Gasteiger partial charge is 0.159 e. The number of hydrazine groups is 1. The molecule has 0 saturated carbocycles. The van der Waals surface area contributed by atoms with Gasteiger partial charge < -0.3 is 11.2 Å². The molecule has 54 valence electrons. The summed E-state index contributed by atoms with van der Waals surface area (Å²) in [6, 6.07) is 0. The SMILES string of the molecule is NNc1ncnc(N)c1Br. The normalized spacial score (nSPS) is 9.40. The van der Waals surface area contributed by atoms with Crippen molar-refractivity contribution in [2.75, 3.05) is 11.2 Å². The van der Waals surface area contributed by atoms with Crippen LogP contribution in [0.4, 0.5) is 11.6 Å². The van der Waals surface area contributed by atoms with Crippen LogP contribution in [0, 0.1) is 0 Å². The van der Waals surface area contributed by atoms with Crippen molar-refractivity contribution in [3.05, 3.63) is 10.8 Å². The van der Waals surface area contributed by atoms with E-state index >= 15 is 0 Å². The van der Waals surface area contributed by atoms with Gasteiger partial charge in [0.15, 0.2) is 5.82 Å². The first kappa shape index (κ1) is 7.23. The van der Waals surface area contributed by atoms with Crippen molar-refractivity contribution in [1.29, 1.82) is 0 Å². The molecular formula is C4H6BrN5. The molecule has 0 aliphatic heterocycles. The zero-order valence-corrected chi connectivity index (χ0v) is 6.59. The van der Waals surface area contributed by atoms with Crippen molar-refractivity contribution >= 4 is 27.6 Å². The molecule has 1 aromatic heterocycles. The topological polar surface area (TPSA) is 89.8 Å². The number of anilines is 2. The van der Waals surface area contributed by atoms with E-state index in [0.29, 0.717) is 16.1 Å². The Hall–Kier alpha value is -0.880. The molecular weight excluding hydrogens is 198 g/mol. The summed E-state index contributed by atoms with van der Waals surface area (Å²) in [5.41, 5.74) is 7.76. The van der Waals surface area contributed by atoms with Crippen molar-refractivity contribution in [1.82, 2.24) is 9.97 Å². The Kier molecular flexibility index (Phi) is 2.03. The highest BCUT2D eigenvalue weighted by atomic mass is 79.9. The number of hydrogen-bond donors (Lipinski definition) is 3. The van der Waals surface area contributed by atoms with E-state index in [9.17, 15) is 0 Å². The molecule has 0 spiro atoms. The van der Waals surface area contributed by atoms with Crippen LogP contribution in [-0.4, -0.2) is 9.97 Å². The lowest BCUT2D eigenvalue weighted by Gasteiger charge is -2.01. The second-order valence-electron chi connectivity index (χ2n) is 1.57. The number of nitrogen functional groups attached to an aromatic ring is 2. The Balaban J connectivity index is 3.14. The molecule has 0 amide bonds. The Morgan fingerprint density at radius 3 is 2.70 bits per heavy atom. The van der Waals surface area contributed by atoms with Gasteiger partial charge >= 0.3 is 0 Å². The number of aromatic nitrogens is 2. The predicted octanol–water partition coefficient (Wildman–Crippen LogP) is 0.107. The number of nitrogens with two attached hydrogens (primary N) is 2. The summed E-state index contributed by atoms with van der Waals surface area (Å²) in [7, 11) is 0. The van der Waals surface area contributed by atoms with Crippen LogP contribution >= 0.6 is 15.9 Å². The van der Waals surface area contributed by atoms with Crippen LogP contribution in [0.25, 0.3) is 0 Å². The molecule has 10 heavy (non-hydrogen) atoms. The molecule has 0 unspecified atom stereocenters. The number of halogens is 1. The van der Waals surface area contributed by atoms with E-state index in [1.807, 2.05) is 0 Å². The molecule has 1 rings (SSSR count). The molecule has 5 nitrogen and oxygen atoms in total. The third-order valence-electron chi connectivity index (χ3n) is 0.953. The second kappa shape index (κ2) is 2.80. The van der Waals surface area contributed by atoms with Gasteiger partial charge in [-0.05, 0) is 15.9 Å². The van der Waals surface area contributed by atoms with Crippen LogP contribution in [0.5, 0.6) is 0 Å². The summed E-state index contributed by atoms with van der Waals surface area (Å²) in [4.78, 5) is 7.50. The van der Waals surface area contributed by atoms with E-state index in [-0.39, 0.29) is 0 Å². The van der Waals surface area contributed by atoms with Gasteiger partial charge in [-0.2, -0.15) is 0 Å². The molecule has 0 fully saturated rings. The van der Waals surface area contributed by atoms with Crippen molar-refractivity contribution in [3.8, 4) is 0 Å². The molecule has 0 aliphatic carbocycles. The molecule has 0 aromatic carbocycles. The standard InChI is InChI=1S/C4H6BrN5/c5-2-3(6)8-1-9-4(2)10-7/h1H,7H2,(H3,6,8,9,10). The highest BCUT2D eigenvalue weighted by molar-refractivity contribution is 9.10. The quantitative estimate of drug-likeness (QED) is 0.446. The monoisotopic (exact) mass is 203 g/mol. The summed E-state index contributed by atoms with van der Waals surface area (Å²) >= 11 is 3.15. The lowest BCUT2D eigenvalue weighted by molar-refractivity contribution is 1.13. The summed E-state index contributed by atoms with van der Waals surface area (Å²) in [5, 5.41) is 0. The van der Waals surface area contributed by atoms with Crippen LogP contribution in [-0.2, 0) is 0 Å². The van der Waals surface area contributed by atoms with Crippen molar-refractivity contribution < 1.29 is 0 Å². The lowest BCUT2D eigenvalue weighted by Crippen LogP contribution is -2.10. The highest BCUT2D eigenvalue weighted by Crippen LogP contribution is 2.22. The van der Waals surface area contributed by atoms with Crippen LogP contribution < -0.4 is 17.0 Å². The van der Waals surface area contributed by atoms with Crippen LogP contribution in [0.1, 0.15) is 0 Å². The first-order valence-corrected chi connectivity index (χ1v) is 3.27. The summed E-state index contributed by atoms with van der Waals surface area (Å²) in [6.07, 6.45) is 1.33. The first-order chi connectivity index (χ1) is 4.75. The maximum Gasteiger partial charge on any atom is 0.159 e. The lowest BCUT2D eigenvalue weighted by atomic mass is 10.5. The molecule has 0 atom stereocenters. The maximum absolute atomic E-state index is 5.40. The largest absolute Gasteiger partial charge is 0.383 e. The molecule has 6 heteroatoms. The average molecular weight is 204 g/mol. The zero-order valence-electron chi connectivity index (χ0n) is 5.00. The van der Waals surface area contributed by atoms with Crippen LogP contribution in [0.15, 0.2) is 10.8 Å². The Morgan fingerprint density at radius 2 is 2.20 bits per heavy atom. The minimum absolute atomic E-state index is 0.364. The molecule has 0 aliphatic rings. The summed E-state index contributed by atoms with van der Waals surface area (Å²) < 4.78 is 0.581. The number of nitrogens with zero attached hydrogens (tertiary/aromatic N) is 2. The van der Waals surface area contributed by atoms with Crippen molar-refractivity contribution in [2.24, 2.45) is 5.84 Å². The number of nitrogens with one attached hydrogen (secondary N) is 1. The molecule has 0 bridgehead atoms. The van der Waals surface area contributed by atoms with E-state index in [4.69, 9.17) is 11.6 Å². The van der Waals surface area contributed by atoms with Crippen molar-refractivity contribution in [3.63, 3.8) is 0 Å². The average Bonchev–Trinajstić information content (AvgIpc) is 1.95. The van der Waals surface area contributed by atoms with Gasteiger partial charge in [-0.1, -0.05) is 0 Å². The van der Waals surface area contributed by atoms with E-state index in [1.54, 1.807) is 0 Å². The summed E-state index contributed by atoms with van der Waals surface area (Å²) in [6.45, 7) is 0. The van der Waals surface area contributed by atoms with Gasteiger partial charge in [-0.15, -0.1) is 0 Å². The fraction of sp³-hybridized carbons (Fsp3) is 0. The van der Waals surface area contributed by atoms with Gasteiger partial charge in [0.1, 0.15) is 16.6 Å². The molecule has 0 radical (unpaired) electrons. The van der Waals surface area contributed by atoms with Crippen LogP contribution in [0.2, 0.25) is 0 Å². The fourth-order valence-electron chi connectivity index (χ4n) is 0.484. The minimum Gasteiger partial charge on any atom is -0.383 e. The van der Waals surface area contributed by atoms with Gasteiger partial charge in [0.05, 0.1) is 0 Å². The van der Waals surface area contributed by atoms with Gasteiger partial charge in [0.2, 0.25) is 0 Å². The van der Waals surface area contributed by atoms with Gasteiger partial charge in [-0.25, -0.2) is 15.8 Å². The summed E-state index contributed by atoms with van der Waals surface area (Å²) in [5.74, 6) is 5.94. The van der Waals surface area contributed by atoms with E-state index in [2.05, 4.69) is 31.3 Å². The third-order valence-corrected chi connectivity index (χ3v) is 1.73. The molecule has 1 heterocycles. The molecule has 5 N–H and O–H groups in total. The van der Waals surface area contributed by atoms with Gasteiger partial charge in [-0.3, -0.25) is 0 Å². The van der Waals surface area contributed by atoms with Crippen LogP contribution in [0.3, 0.4) is 0 Å².